The molecule has 1 amide bonds. The molecule has 0 atom stereocenters. The van der Waals surface area contributed by atoms with Crippen molar-refractivity contribution in [2.24, 2.45) is 0 Å². The van der Waals surface area contributed by atoms with Crippen molar-refractivity contribution in [2.75, 3.05) is 11.9 Å². The molecule has 1 aromatic heterocycles. The fraction of sp³-hybridized carbons (Fsp3) is 0.263. The summed E-state index contributed by atoms with van der Waals surface area (Å²) in [6.45, 7) is 4.65. The van der Waals surface area contributed by atoms with Crippen LogP contribution in [0.5, 0.6) is 5.75 Å². The second kappa shape index (κ2) is 7.45. The Morgan fingerprint density at radius 2 is 1.88 bits per heavy atom. The van der Waals surface area contributed by atoms with Gasteiger partial charge in [0.25, 0.3) is 0 Å². The van der Waals surface area contributed by atoms with Crippen LogP contribution in [0.2, 0.25) is 0 Å². The zero-order valence-corrected chi connectivity index (χ0v) is 14.7. The van der Waals surface area contributed by atoms with E-state index in [1.807, 2.05) is 37.3 Å². The molecule has 0 radical (unpaired) electrons. The molecule has 24 heavy (non-hydrogen) atoms. The highest BCUT2D eigenvalue weighted by molar-refractivity contribution is 7.22. The van der Waals surface area contributed by atoms with Crippen LogP contribution in [0, 0.1) is 0 Å². The molecule has 0 unspecified atom stereocenters. The first-order valence-electron chi connectivity index (χ1n) is 8.09. The summed E-state index contributed by atoms with van der Waals surface area (Å²) in [5.74, 6) is 0.693. The molecule has 1 heterocycles. The normalized spacial score (nSPS) is 10.8. The molecular weight excluding hydrogens is 320 g/mol. The molecule has 2 aromatic carbocycles. The van der Waals surface area contributed by atoms with Gasteiger partial charge in [-0.25, -0.2) is 4.98 Å². The standard InChI is InChI=1S/C19H20N2O2S/c1-3-13-8-10-14(11-9-13)12-17(22)20-19-21-18-15(23-4-2)6-5-7-16(18)24-19/h5-11H,3-4,12H2,1-2H3,(H,20,21,22). The average Bonchev–Trinajstić information content (AvgIpc) is 2.99. The molecular formula is C19H20N2O2S. The number of fused-ring (bicyclic) bond motifs is 1. The fourth-order valence-corrected chi connectivity index (χ4v) is 3.39. The maximum Gasteiger partial charge on any atom is 0.230 e. The third-order valence-corrected chi connectivity index (χ3v) is 4.66. The van der Waals surface area contributed by atoms with E-state index in [4.69, 9.17) is 4.74 Å². The number of benzene rings is 2. The number of aromatic nitrogens is 1. The molecule has 5 heteroatoms. The lowest BCUT2D eigenvalue weighted by Gasteiger charge is -2.03. The summed E-state index contributed by atoms with van der Waals surface area (Å²) in [6.07, 6.45) is 1.35. The summed E-state index contributed by atoms with van der Waals surface area (Å²) in [6, 6.07) is 13.9. The molecule has 0 aliphatic heterocycles. The summed E-state index contributed by atoms with van der Waals surface area (Å²) < 4.78 is 6.59. The maximum atomic E-state index is 12.2. The van der Waals surface area contributed by atoms with E-state index in [1.54, 1.807) is 0 Å². The summed E-state index contributed by atoms with van der Waals surface area (Å²) in [5, 5.41) is 3.49. The largest absolute Gasteiger partial charge is 0.492 e. The molecule has 4 nitrogen and oxygen atoms in total. The molecule has 0 saturated heterocycles. The number of rotatable bonds is 6. The molecule has 0 spiro atoms. The van der Waals surface area contributed by atoms with Gasteiger partial charge >= 0.3 is 0 Å². The summed E-state index contributed by atoms with van der Waals surface area (Å²) in [5.41, 5.74) is 3.07. The van der Waals surface area contributed by atoms with Gasteiger partial charge in [0.2, 0.25) is 5.91 Å². The third-order valence-electron chi connectivity index (χ3n) is 3.72. The topological polar surface area (TPSA) is 51.2 Å². The lowest BCUT2D eigenvalue weighted by Crippen LogP contribution is -2.14. The molecule has 0 aliphatic carbocycles. The Kier molecular flexibility index (Phi) is 5.11. The quantitative estimate of drug-likeness (QED) is 0.722. The fourth-order valence-electron chi connectivity index (χ4n) is 2.49. The van der Waals surface area contributed by atoms with Crippen LogP contribution < -0.4 is 10.1 Å². The summed E-state index contributed by atoms with van der Waals surface area (Å²) in [7, 11) is 0. The first-order valence-corrected chi connectivity index (χ1v) is 8.91. The van der Waals surface area contributed by atoms with Crippen molar-refractivity contribution in [3.63, 3.8) is 0 Å². The Labute approximate surface area is 145 Å². The maximum absolute atomic E-state index is 12.2. The van der Waals surface area contributed by atoms with Crippen molar-refractivity contribution >= 4 is 32.6 Å². The van der Waals surface area contributed by atoms with Gasteiger partial charge in [0.15, 0.2) is 5.13 Å². The molecule has 0 bridgehead atoms. The highest BCUT2D eigenvalue weighted by atomic mass is 32.1. The molecule has 0 aliphatic rings. The van der Waals surface area contributed by atoms with Crippen LogP contribution in [0.1, 0.15) is 25.0 Å². The van der Waals surface area contributed by atoms with Crippen molar-refractivity contribution in [3.05, 3.63) is 53.6 Å². The molecule has 1 N–H and O–H groups in total. The van der Waals surface area contributed by atoms with Gasteiger partial charge in [0.1, 0.15) is 11.3 Å². The Hall–Kier alpha value is -2.40. The van der Waals surface area contributed by atoms with Crippen molar-refractivity contribution in [2.45, 2.75) is 26.7 Å². The van der Waals surface area contributed by atoms with Gasteiger partial charge in [-0.1, -0.05) is 48.6 Å². The van der Waals surface area contributed by atoms with E-state index in [9.17, 15) is 4.79 Å². The van der Waals surface area contributed by atoms with Gasteiger partial charge < -0.3 is 10.1 Å². The number of thiazole rings is 1. The van der Waals surface area contributed by atoms with Gasteiger partial charge in [-0.15, -0.1) is 0 Å². The molecule has 0 saturated carbocycles. The van der Waals surface area contributed by atoms with Crippen LogP contribution in [-0.2, 0) is 17.6 Å². The number of nitrogens with one attached hydrogen (secondary N) is 1. The monoisotopic (exact) mass is 340 g/mol. The van der Waals surface area contributed by atoms with E-state index in [-0.39, 0.29) is 5.91 Å². The zero-order chi connectivity index (χ0) is 16.9. The van der Waals surface area contributed by atoms with Crippen LogP contribution in [0.4, 0.5) is 5.13 Å². The summed E-state index contributed by atoms with van der Waals surface area (Å²) >= 11 is 1.46. The number of carbonyl (C=O) groups is 1. The number of hydrogen-bond acceptors (Lipinski definition) is 4. The Balaban J connectivity index is 1.71. The Morgan fingerprint density at radius 3 is 2.58 bits per heavy atom. The van der Waals surface area contributed by atoms with Crippen molar-refractivity contribution < 1.29 is 9.53 Å². The van der Waals surface area contributed by atoms with Gasteiger partial charge in [0.05, 0.1) is 17.7 Å². The van der Waals surface area contributed by atoms with Crippen molar-refractivity contribution in [1.29, 1.82) is 0 Å². The number of amides is 1. The highest BCUT2D eigenvalue weighted by Crippen LogP contribution is 2.32. The minimum atomic E-state index is -0.0590. The third kappa shape index (κ3) is 3.74. The van der Waals surface area contributed by atoms with E-state index in [1.165, 1.54) is 16.9 Å². The van der Waals surface area contributed by atoms with Gasteiger partial charge in [-0.2, -0.15) is 0 Å². The Morgan fingerprint density at radius 1 is 1.12 bits per heavy atom. The summed E-state index contributed by atoms with van der Waals surface area (Å²) in [4.78, 5) is 16.7. The molecule has 3 aromatic rings. The molecule has 124 valence electrons. The first kappa shape index (κ1) is 16.5. The smallest absolute Gasteiger partial charge is 0.230 e. The van der Waals surface area contributed by atoms with Crippen LogP contribution in [-0.4, -0.2) is 17.5 Å². The van der Waals surface area contributed by atoms with Crippen LogP contribution >= 0.6 is 11.3 Å². The average molecular weight is 340 g/mol. The number of aryl methyl sites for hydroxylation is 1. The van der Waals surface area contributed by atoms with E-state index in [0.717, 1.165) is 28.0 Å². The van der Waals surface area contributed by atoms with E-state index in [2.05, 4.69) is 29.4 Å². The number of anilines is 1. The van der Waals surface area contributed by atoms with Crippen LogP contribution in [0.25, 0.3) is 10.2 Å². The van der Waals surface area contributed by atoms with Crippen LogP contribution in [0.15, 0.2) is 42.5 Å². The lowest BCUT2D eigenvalue weighted by atomic mass is 10.1. The number of ether oxygens (including phenoxy) is 1. The number of hydrogen-bond donors (Lipinski definition) is 1. The van der Waals surface area contributed by atoms with E-state index in [0.29, 0.717) is 18.2 Å². The van der Waals surface area contributed by atoms with Gasteiger partial charge in [0, 0.05) is 0 Å². The number of para-hydroxylation sites is 1. The first-order chi connectivity index (χ1) is 11.7. The van der Waals surface area contributed by atoms with Gasteiger partial charge in [-0.3, -0.25) is 4.79 Å². The highest BCUT2D eigenvalue weighted by Gasteiger charge is 2.11. The zero-order valence-electron chi connectivity index (χ0n) is 13.8. The lowest BCUT2D eigenvalue weighted by molar-refractivity contribution is -0.115. The second-order valence-corrected chi connectivity index (χ2v) is 6.48. The van der Waals surface area contributed by atoms with Gasteiger partial charge in [-0.05, 0) is 36.6 Å². The minimum Gasteiger partial charge on any atom is -0.492 e. The van der Waals surface area contributed by atoms with E-state index >= 15 is 0 Å². The van der Waals surface area contributed by atoms with Crippen LogP contribution in [0.3, 0.4) is 0 Å². The van der Waals surface area contributed by atoms with Crippen molar-refractivity contribution in [1.82, 2.24) is 4.98 Å². The Bertz CT molecular complexity index is 840. The predicted molar refractivity (Wildman–Crippen MR) is 98.9 cm³/mol. The van der Waals surface area contributed by atoms with E-state index < -0.39 is 0 Å². The minimum absolute atomic E-state index is 0.0590. The molecule has 0 fully saturated rings. The molecule has 3 rings (SSSR count). The second-order valence-electron chi connectivity index (χ2n) is 5.45. The van der Waals surface area contributed by atoms with Crippen molar-refractivity contribution in [3.8, 4) is 5.75 Å². The number of carbonyl (C=O) groups excluding carboxylic acids is 1. The SMILES string of the molecule is CCOc1cccc2sc(NC(=O)Cc3ccc(CC)cc3)nc12. The predicted octanol–water partition coefficient (Wildman–Crippen LogP) is 4.44. The number of nitrogens with zero attached hydrogens (tertiary/aromatic N) is 1.